The Labute approximate surface area is 212 Å². The number of rotatable bonds is 7. The van der Waals surface area contributed by atoms with E-state index in [0.29, 0.717) is 36.8 Å². The second-order valence-electron chi connectivity index (χ2n) is 9.79. The minimum absolute atomic E-state index is 0.0307. The van der Waals surface area contributed by atoms with E-state index in [2.05, 4.69) is 17.0 Å². The van der Waals surface area contributed by atoms with E-state index in [1.165, 1.54) is 4.90 Å². The van der Waals surface area contributed by atoms with Crippen LogP contribution in [0.4, 0.5) is 5.69 Å². The van der Waals surface area contributed by atoms with Gasteiger partial charge in [0.25, 0.3) is 0 Å². The van der Waals surface area contributed by atoms with Gasteiger partial charge < -0.3 is 14.7 Å². The quantitative estimate of drug-likeness (QED) is 0.551. The van der Waals surface area contributed by atoms with Gasteiger partial charge in [0.2, 0.25) is 17.7 Å². The number of hydrogen-bond acceptors (Lipinski definition) is 5. The van der Waals surface area contributed by atoms with E-state index in [9.17, 15) is 14.4 Å². The van der Waals surface area contributed by atoms with Crippen LogP contribution in [0.1, 0.15) is 25.3 Å². The first-order chi connectivity index (χ1) is 16.7. The fraction of sp³-hybridized carbons (Fsp3) is 0.444. The number of carbonyl (C=O) groups excluding carboxylic acids is 3. The van der Waals surface area contributed by atoms with Crippen molar-refractivity contribution in [2.45, 2.75) is 31.2 Å². The number of para-hydroxylation sites is 1. The Kier molecular flexibility index (Phi) is 7.47. The highest BCUT2D eigenvalue weighted by Gasteiger charge is 2.55. The van der Waals surface area contributed by atoms with Crippen LogP contribution in [-0.2, 0) is 19.8 Å². The monoisotopic (exact) mass is 496 g/mol. The molecule has 2 saturated heterocycles. The molecule has 2 heterocycles. The van der Waals surface area contributed by atoms with Crippen LogP contribution in [0.3, 0.4) is 0 Å². The van der Waals surface area contributed by atoms with Crippen LogP contribution in [-0.4, -0.2) is 85.3 Å². The number of halogens is 1. The van der Waals surface area contributed by atoms with Crippen molar-refractivity contribution in [3.05, 3.63) is 65.2 Å². The minimum Gasteiger partial charge on any atom is -0.368 e. The maximum Gasteiger partial charge on any atom is 0.240 e. The van der Waals surface area contributed by atoms with Crippen LogP contribution in [0.5, 0.6) is 0 Å². The van der Waals surface area contributed by atoms with Gasteiger partial charge in [-0.05, 0) is 44.8 Å². The van der Waals surface area contributed by atoms with Gasteiger partial charge in [-0.3, -0.25) is 19.3 Å². The lowest BCUT2D eigenvalue weighted by Crippen LogP contribution is -2.55. The predicted octanol–water partition coefficient (Wildman–Crippen LogP) is 3.03. The van der Waals surface area contributed by atoms with E-state index in [0.717, 1.165) is 5.69 Å². The highest BCUT2D eigenvalue weighted by atomic mass is 35.5. The molecule has 8 heteroatoms. The largest absolute Gasteiger partial charge is 0.368 e. The number of carbonyl (C=O) groups is 3. The van der Waals surface area contributed by atoms with Crippen molar-refractivity contribution in [3.63, 3.8) is 0 Å². The van der Waals surface area contributed by atoms with E-state index >= 15 is 0 Å². The van der Waals surface area contributed by atoms with Crippen LogP contribution in [0, 0.1) is 0 Å². The standard InChI is InChI=1S/C27H33ClN4O3/c1-20-19-30(21-9-5-4-6-10-21)14-16-31(20)24(33)17-27(22-11-7-8-12-23(22)28)18-25(34)32(26(27)35)15-13-29(2)3/h4-12,20H,13-19H2,1-3H3/t20-,27-/m0/s1. The highest BCUT2D eigenvalue weighted by Crippen LogP contribution is 2.43. The van der Waals surface area contributed by atoms with Crippen molar-refractivity contribution in [2.75, 3.05) is 51.7 Å². The van der Waals surface area contributed by atoms with Crippen molar-refractivity contribution in [2.24, 2.45) is 0 Å². The van der Waals surface area contributed by atoms with Gasteiger partial charge in [-0.15, -0.1) is 0 Å². The first kappa shape index (κ1) is 25.2. The number of piperazine rings is 1. The topological polar surface area (TPSA) is 64.2 Å². The number of likely N-dealkylation sites (tertiary alicyclic amines) is 1. The Hall–Kier alpha value is -2.90. The van der Waals surface area contributed by atoms with E-state index in [1.54, 1.807) is 24.3 Å². The van der Waals surface area contributed by atoms with Crippen molar-refractivity contribution >= 4 is 35.0 Å². The first-order valence-corrected chi connectivity index (χ1v) is 12.4. The second kappa shape index (κ2) is 10.4. The lowest BCUT2D eigenvalue weighted by atomic mass is 9.75. The van der Waals surface area contributed by atoms with Gasteiger partial charge in [0.05, 0.1) is 5.41 Å². The van der Waals surface area contributed by atoms with Crippen LogP contribution in [0.2, 0.25) is 5.02 Å². The van der Waals surface area contributed by atoms with E-state index in [-0.39, 0.29) is 43.1 Å². The summed E-state index contributed by atoms with van der Waals surface area (Å²) in [6, 6.07) is 17.2. The second-order valence-corrected chi connectivity index (χ2v) is 10.2. The molecule has 0 aliphatic carbocycles. The molecule has 2 atom stereocenters. The Balaban J connectivity index is 1.58. The normalized spacial score (nSPS) is 22.9. The average Bonchev–Trinajstić information content (AvgIpc) is 3.07. The fourth-order valence-electron chi connectivity index (χ4n) is 5.18. The number of hydrogen-bond donors (Lipinski definition) is 0. The van der Waals surface area contributed by atoms with Gasteiger partial charge in [-0.25, -0.2) is 0 Å². The van der Waals surface area contributed by atoms with Crippen molar-refractivity contribution in [3.8, 4) is 0 Å². The smallest absolute Gasteiger partial charge is 0.240 e. The SMILES string of the molecule is C[C@H]1CN(c2ccccc2)CCN1C(=O)C[C@@]1(c2ccccc2Cl)CC(=O)N(CCN(C)C)C1=O. The summed E-state index contributed by atoms with van der Waals surface area (Å²) < 4.78 is 0. The molecule has 2 aromatic rings. The molecule has 2 aromatic carbocycles. The third-order valence-corrected chi connectivity index (χ3v) is 7.42. The van der Waals surface area contributed by atoms with Crippen molar-refractivity contribution < 1.29 is 14.4 Å². The molecule has 7 nitrogen and oxygen atoms in total. The van der Waals surface area contributed by atoms with Gasteiger partial charge in [-0.2, -0.15) is 0 Å². The summed E-state index contributed by atoms with van der Waals surface area (Å²) in [5, 5.41) is 0.401. The minimum atomic E-state index is -1.28. The molecule has 2 fully saturated rings. The molecule has 0 bridgehead atoms. The average molecular weight is 497 g/mol. The molecule has 35 heavy (non-hydrogen) atoms. The maximum absolute atomic E-state index is 13.8. The molecule has 3 amide bonds. The number of benzene rings is 2. The number of likely N-dealkylation sites (N-methyl/N-ethyl adjacent to an activating group) is 1. The summed E-state index contributed by atoms with van der Waals surface area (Å²) in [6.07, 6.45) is -0.122. The number of anilines is 1. The summed E-state index contributed by atoms with van der Waals surface area (Å²) in [4.78, 5) is 47.9. The van der Waals surface area contributed by atoms with Crippen molar-refractivity contribution in [1.29, 1.82) is 0 Å². The molecule has 0 aromatic heterocycles. The zero-order chi connectivity index (χ0) is 25.2. The lowest BCUT2D eigenvalue weighted by Gasteiger charge is -2.42. The maximum atomic E-state index is 13.8. The summed E-state index contributed by atoms with van der Waals surface area (Å²) in [5.41, 5.74) is 0.401. The van der Waals surface area contributed by atoms with Gasteiger partial charge >= 0.3 is 0 Å². The van der Waals surface area contributed by atoms with E-state index in [1.807, 2.05) is 49.0 Å². The number of amides is 3. The van der Waals surface area contributed by atoms with Gasteiger partial charge in [0.1, 0.15) is 0 Å². The Morgan fingerprint density at radius 3 is 2.40 bits per heavy atom. The third-order valence-electron chi connectivity index (χ3n) is 7.09. The highest BCUT2D eigenvalue weighted by molar-refractivity contribution is 6.32. The Morgan fingerprint density at radius 2 is 1.74 bits per heavy atom. The molecule has 2 aliphatic heterocycles. The summed E-state index contributed by atoms with van der Waals surface area (Å²) in [5.74, 6) is -0.714. The van der Waals surface area contributed by atoms with Crippen LogP contribution < -0.4 is 4.90 Å². The van der Waals surface area contributed by atoms with Crippen LogP contribution in [0.15, 0.2) is 54.6 Å². The zero-order valence-electron chi connectivity index (χ0n) is 20.6. The Morgan fingerprint density at radius 1 is 1.06 bits per heavy atom. The number of imide groups is 1. The van der Waals surface area contributed by atoms with E-state index < -0.39 is 5.41 Å². The van der Waals surface area contributed by atoms with Crippen molar-refractivity contribution in [1.82, 2.24) is 14.7 Å². The molecule has 0 radical (unpaired) electrons. The van der Waals surface area contributed by atoms with Crippen LogP contribution >= 0.6 is 11.6 Å². The number of nitrogens with zero attached hydrogens (tertiary/aromatic N) is 4. The first-order valence-electron chi connectivity index (χ1n) is 12.1. The molecular formula is C27H33ClN4O3. The molecule has 0 N–H and O–H groups in total. The molecule has 0 saturated carbocycles. The van der Waals surface area contributed by atoms with Gasteiger partial charge in [0, 0.05) is 62.3 Å². The molecule has 186 valence electrons. The predicted molar refractivity (Wildman–Crippen MR) is 137 cm³/mol. The molecule has 2 aliphatic rings. The van der Waals surface area contributed by atoms with Crippen LogP contribution in [0.25, 0.3) is 0 Å². The summed E-state index contributed by atoms with van der Waals surface area (Å²) in [6.45, 7) is 4.84. The molecule has 0 spiro atoms. The van der Waals surface area contributed by atoms with Gasteiger partial charge in [0.15, 0.2) is 0 Å². The summed E-state index contributed by atoms with van der Waals surface area (Å²) in [7, 11) is 3.79. The molecule has 0 unspecified atom stereocenters. The lowest BCUT2D eigenvalue weighted by molar-refractivity contribution is -0.143. The fourth-order valence-corrected chi connectivity index (χ4v) is 5.50. The molecule has 4 rings (SSSR count). The van der Waals surface area contributed by atoms with Gasteiger partial charge in [-0.1, -0.05) is 48.0 Å². The third kappa shape index (κ3) is 5.07. The zero-order valence-corrected chi connectivity index (χ0v) is 21.4. The van der Waals surface area contributed by atoms with E-state index in [4.69, 9.17) is 11.6 Å². The Bertz CT molecular complexity index is 1090. The molecular weight excluding hydrogens is 464 g/mol. The summed E-state index contributed by atoms with van der Waals surface area (Å²) >= 11 is 6.55.